The molecule has 1 fully saturated rings. The van der Waals surface area contributed by atoms with Crippen molar-refractivity contribution in [1.82, 2.24) is 24.8 Å². The van der Waals surface area contributed by atoms with Gasteiger partial charge in [0.15, 0.2) is 0 Å². The van der Waals surface area contributed by atoms with Gasteiger partial charge in [-0.05, 0) is 49.4 Å². The summed E-state index contributed by atoms with van der Waals surface area (Å²) in [5, 5.41) is 1.29. The van der Waals surface area contributed by atoms with E-state index in [1.54, 1.807) is 30.1 Å². The largest absolute Gasteiger partial charge is 0.451 e. The Bertz CT molecular complexity index is 1320. The molecule has 1 aromatic carbocycles. The van der Waals surface area contributed by atoms with Gasteiger partial charge in [0.1, 0.15) is 0 Å². The van der Waals surface area contributed by atoms with Crippen molar-refractivity contribution in [1.29, 1.82) is 0 Å². The monoisotopic (exact) mass is 546 g/mol. The summed E-state index contributed by atoms with van der Waals surface area (Å²) in [4.78, 5) is 28.5. The molecule has 198 valence electrons. The molecule has 1 amide bonds. The van der Waals surface area contributed by atoms with Crippen LogP contribution in [0.1, 0.15) is 48.2 Å². The number of piperidine rings is 1. The Morgan fingerprint density at radius 3 is 2.38 bits per heavy atom. The number of amides is 1. The smallest absolute Gasteiger partial charge is 0.356 e. The van der Waals surface area contributed by atoms with Crippen LogP contribution < -0.4 is 4.90 Å². The van der Waals surface area contributed by atoms with Crippen LogP contribution in [0.4, 0.5) is 32.3 Å². The predicted molar refractivity (Wildman–Crippen MR) is 122 cm³/mol. The molecule has 1 saturated heterocycles. The van der Waals surface area contributed by atoms with Crippen LogP contribution in [-0.4, -0.2) is 50.9 Å². The van der Waals surface area contributed by atoms with Crippen LogP contribution in [0.15, 0.2) is 18.2 Å². The summed E-state index contributed by atoms with van der Waals surface area (Å²) in [5.41, 5.74) is 2.15. The molecule has 1 N–H and O–H groups in total. The highest BCUT2D eigenvalue weighted by Crippen LogP contribution is 2.42. The van der Waals surface area contributed by atoms with Crippen molar-refractivity contribution in [3.05, 3.63) is 46.1 Å². The van der Waals surface area contributed by atoms with Gasteiger partial charge in [-0.2, -0.15) is 36.3 Å². The van der Waals surface area contributed by atoms with Crippen molar-refractivity contribution < 1.29 is 31.1 Å². The lowest BCUT2D eigenvalue weighted by Crippen LogP contribution is -2.43. The highest BCUT2D eigenvalue weighted by molar-refractivity contribution is 6.31. The van der Waals surface area contributed by atoms with Gasteiger partial charge in [-0.3, -0.25) is 4.79 Å². The van der Waals surface area contributed by atoms with E-state index in [9.17, 15) is 31.1 Å². The summed E-state index contributed by atoms with van der Waals surface area (Å²) in [6.07, 6.45) is -8.70. The predicted octanol–water partition coefficient (Wildman–Crippen LogP) is 5.41. The first-order chi connectivity index (χ1) is 17.3. The molecular weight excluding hydrogens is 526 g/mol. The molecule has 14 heteroatoms. The lowest BCUT2D eigenvalue weighted by molar-refractivity contribution is -0.155. The zero-order valence-electron chi connectivity index (χ0n) is 19.4. The van der Waals surface area contributed by atoms with Crippen molar-refractivity contribution in [2.24, 2.45) is 5.92 Å². The summed E-state index contributed by atoms with van der Waals surface area (Å²) in [7, 11) is 1.67. The van der Waals surface area contributed by atoms with E-state index in [-0.39, 0.29) is 18.9 Å². The van der Waals surface area contributed by atoms with Gasteiger partial charge in [0, 0.05) is 47.7 Å². The lowest BCUT2D eigenvalue weighted by atomic mass is 9.86. The summed E-state index contributed by atoms with van der Waals surface area (Å²) in [5.74, 6) is -5.19. The van der Waals surface area contributed by atoms with Gasteiger partial charge in [0.2, 0.25) is 23.5 Å². The van der Waals surface area contributed by atoms with Crippen LogP contribution in [0, 0.1) is 5.92 Å². The number of halogens is 7. The minimum atomic E-state index is -5.21. The number of hydrogen-bond acceptors (Lipinski definition) is 5. The van der Waals surface area contributed by atoms with Gasteiger partial charge in [-0.15, -0.1) is 0 Å². The molecule has 2 aliphatic heterocycles. The molecule has 0 radical (unpaired) electrons. The van der Waals surface area contributed by atoms with E-state index in [4.69, 9.17) is 11.6 Å². The average Bonchev–Trinajstić information content (AvgIpc) is 3.19. The number of aromatic amines is 1. The number of likely N-dealkylation sites (tertiary alicyclic amines) is 1. The van der Waals surface area contributed by atoms with E-state index in [2.05, 4.69) is 19.9 Å². The average molecular weight is 547 g/mol. The van der Waals surface area contributed by atoms with E-state index in [1.165, 1.54) is 4.90 Å². The lowest BCUT2D eigenvalue weighted by Gasteiger charge is -2.39. The maximum atomic E-state index is 13.5. The number of anilines is 1. The van der Waals surface area contributed by atoms with Crippen LogP contribution in [0.3, 0.4) is 0 Å². The number of carbonyl (C=O) groups is 1. The fourth-order valence-electron chi connectivity index (χ4n) is 5.18. The first-order valence-corrected chi connectivity index (χ1v) is 11.9. The standard InChI is InChI=1S/C23H21ClF6N6O/c1-35-7-2-3-11(18(35)37)9-16-17-13(14-10-12(24)4-5-15(14)31-17)6-8-36(16)21-33-19(22(25,26)27)32-20(34-21)23(28,29)30/h4-5,10-11,16,31H,2-3,6-9H2,1H3/t11-,16-/m1/s1. The molecule has 0 bridgehead atoms. The third-order valence-corrected chi connectivity index (χ3v) is 7.12. The van der Waals surface area contributed by atoms with Gasteiger partial charge in [-0.1, -0.05) is 11.6 Å². The molecule has 0 unspecified atom stereocenters. The molecule has 0 spiro atoms. The second-order valence-corrected chi connectivity index (χ2v) is 9.72. The maximum absolute atomic E-state index is 13.5. The Morgan fingerprint density at radius 2 is 1.73 bits per heavy atom. The first-order valence-electron chi connectivity index (χ1n) is 11.5. The van der Waals surface area contributed by atoms with E-state index >= 15 is 0 Å². The molecular formula is C23H21ClF6N6O. The number of rotatable bonds is 3. The van der Waals surface area contributed by atoms with Crippen molar-refractivity contribution in [3.63, 3.8) is 0 Å². The second kappa shape index (κ2) is 9.03. The zero-order chi connectivity index (χ0) is 26.7. The molecule has 2 aromatic heterocycles. The van der Waals surface area contributed by atoms with Crippen LogP contribution >= 0.6 is 11.6 Å². The van der Waals surface area contributed by atoms with Crippen molar-refractivity contribution in [2.75, 3.05) is 25.0 Å². The quantitative estimate of drug-likeness (QED) is 0.445. The Hall–Kier alpha value is -3.09. The molecule has 5 rings (SSSR count). The Balaban J connectivity index is 1.65. The molecule has 7 nitrogen and oxygen atoms in total. The molecule has 37 heavy (non-hydrogen) atoms. The highest BCUT2D eigenvalue weighted by atomic mass is 35.5. The van der Waals surface area contributed by atoms with E-state index in [0.717, 1.165) is 22.9 Å². The van der Waals surface area contributed by atoms with E-state index in [1.807, 2.05) is 0 Å². The number of fused-ring (bicyclic) bond motifs is 3. The number of H-pyrrole nitrogens is 1. The third-order valence-electron chi connectivity index (χ3n) is 6.88. The summed E-state index contributed by atoms with van der Waals surface area (Å²) < 4.78 is 80.9. The van der Waals surface area contributed by atoms with Crippen LogP contribution in [0.2, 0.25) is 5.02 Å². The Morgan fingerprint density at radius 1 is 1.05 bits per heavy atom. The highest BCUT2D eigenvalue weighted by Gasteiger charge is 2.44. The summed E-state index contributed by atoms with van der Waals surface area (Å²) in [6, 6.07) is 4.41. The second-order valence-electron chi connectivity index (χ2n) is 9.28. The summed E-state index contributed by atoms with van der Waals surface area (Å²) >= 11 is 6.18. The van der Waals surface area contributed by atoms with Gasteiger partial charge in [0.05, 0.1) is 6.04 Å². The first kappa shape index (κ1) is 25.6. The van der Waals surface area contributed by atoms with Crippen molar-refractivity contribution in [2.45, 2.75) is 44.1 Å². The minimum Gasteiger partial charge on any atom is -0.356 e. The molecule has 0 saturated carbocycles. The van der Waals surface area contributed by atoms with Gasteiger partial charge < -0.3 is 14.8 Å². The maximum Gasteiger partial charge on any atom is 0.451 e. The number of nitrogens with zero attached hydrogens (tertiary/aromatic N) is 5. The van der Waals surface area contributed by atoms with Gasteiger partial charge in [-0.25, -0.2) is 4.98 Å². The fraction of sp³-hybridized carbons (Fsp3) is 0.478. The number of aromatic nitrogens is 4. The molecule has 0 aliphatic carbocycles. The molecule has 3 aromatic rings. The Kier molecular flexibility index (Phi) is 6.24. The zero-order valence-corrected chi connectivity index (χ0v) is 20.2. The van der Waals surface area contributed by atoms with Crippen LogP contribution in [-0.2, 0) is 23.6 Å². The van der Waals surface area contributed by atoms with Crippen molar-refractivity contribution in [3.8, 4) is 0 Å². The van der Waals surface area contributed by atoms with Crippen LogP contribution in [0.25, 0.3) is 10.9 Å². The van der Waals surface area contributed by atoms with Crippen molar-refractivity contribution >= 4 is 34.4 Å². The topological polar surface area (TPSA) is 78.0 Å². The van der Waals surface area contributed by atoms with Gasteiger partial charge in [0.25, 0.3) is 0 Å². The number of alkyl halides is 6. The fourth-order valence-corrected chi connectivity index (χ4v) is 5.35. The number of nitrogens with one attached hydrogen (secondary N) is 1. The number of hydrogen-bond donors (Lipinski definition) is 1. The minimum absolute atomic E-state index is 0.0342. The summed E-state index contributed by atoms with van der Waals surface area (Å²) in [6.45, 7) is 0.615. The molecule has 2 atom stereocenters. The van der Waals surface area contributed by atoms with Gasteiger partial charge >= 0.3 is 12.4 Å². The molecule has 2 aliphatic rings. The third kappa shape index (κ3) is 4.80. The SMILES string of the molecule is CN1CCC[C@H](C[C@@H]2c3[nH]c4ccc(Cl)cc4c3CCN2c2nc(C(F)(F)F)nc(C(F)(F)F)n2)C1=O. The van der Waals surface area contributed by atoms with E-state index in [0.29, 0.717) is 30.1 Å². The normalized spacial score (nSPS) is 21.0. The number of benzene rings is 1. The Labute approximate surface area is 211 Å². The van der Waals surface area contributed by atoms with Crippen LogP contribution in [0.5, 0.6) is 0 Å². The molecule has 4 heterocycles. The number of carbonyl (C=O) groups excluding carboxylic acids is 1. The van der Waals surface area contributed by atoms with E-state index < -0.39 is 41.9 Å².